The number of benzene rings is 2. The summed E-state index contributed by atoms with van der Waals surface area (Å²) in [6.45, 7) is 4.20. The van der Waals surface area contributed by atoms with E-state index in [2.05, 4.69) is 48.7 Å². The number of hydrogen-bond donors (Lipinski definition) is 3. The van der Waals surface area contributed by atoms with Crippen LogP contribution < -0.4 is 16.4 Å². The van der Waals surface area contributed by atoms with Gasteiger partial charge in [0.1, 0.15) is 0 Å². The molecular weight excluding hydrogens is 322 g/mol. The van der Waals surface area contributed by atoms with E-state index < -0.39 is 6.03 Å². The summed E-state index contributed by atoms with van der Waals surface area (Å²) in [5.74, 6) is 0.203. The topological polar surface area (TPSA) is 84.2 Å². The summed E-state index contributed by atoms with van der Waals surface area (Å²) < 4.78 is 0. The largest absolute Gasteiger partial charge is 0.352 e. The van der Waals surface area contributed by atoms with E-state index in [0.29, 0.717) is 11.6 Å². The van der Waals surface area contributed by atoms with Gasteiger partial charge in [0, 0.05) is 15.5 Å². The van der Waals surface area contributed by atoms with Crippen molar-refractivity contribution in [2.45, 2.75) is 29.6 Å². The Labute approximate surface area is 146 Å². The van der Waals surface area contributed by atoms with Gasteiger partial charge in [-0.05, 0) is 47.9 Å². The van der Waals surface area contributed by atoms with Gasteiger partial charge in [0.25, 0.3) is 0 Å². The van der Waals surface area contributed by atoms with Gasteiger partial charge in [0.15, 0.2) is 0 Å². The molecule has 5 nitrogen and oxygen atoms in total. The van der Waals surface area contributed by atoms with Crippen molar-refractivity contribution in [2.75, 3.05) is 11.9 Å². The van der Waals surface area contributed by atoms with Crippen molar-refractivity contribution in [3.8, 4) is 0 Å². The van der Waals surface area contributed by atoms with Crippen molar-refractivity contribution in [3.63, 3.8) is 0 Å². The van der Waals surface area contributed by atoms with Crippen molar-refractivity contribution in [1.82, 2.24) is 5.32 Å². The standard InChI is InChI=1S/C18H21N3O2S/c1-12(2)13-3-7-15(8-4-13)24-16-9-5-14(6-10-16)21-17(22)11-20-18(19)23/h3-10,12H,11H2,1-2H3,(H,21,22)(H3,19,20,23). The first-order chi connectivity index (χ1) is 11.4. The van der Waals surface area contributed by atoms with E-state index in [1.807, 2.05) is 24.3 Å². The van der Waals surface area contributed by atoms with Gasteiger partial charge in [-0.1, -0.05) is 37.7 Å². The Hall–Kier alpha value is -2.47. The number of anilines is 1. The van der Waals surface area contributed by atoms with Gasteiger partial charge in [-0.3, -0.25) is 4.79 Å². The van der Waals surface area contributed by atoms with Crippen LogP contribution >= 0.6 is 11.8 Å². The Kier molecular flexibility index (Phi) is 6.26. The monoisotopic (exact) mass is 343 g/mol. The summed E-state index contributed by atoms with van der Waals surface area (Å²) in [6, 6.07) is 15.3. The zero-order valence-corrected chi connectivity index (χ0v) is 14.5. The summed E-state index contributed by atoms with van der Waals surface area (Å²) >= 11 is 1.66. The van der Waals surface area contributed by atoms with Crippen molar-refractivity contribution in [1.29, 1.82) is 0 Å². The van der Waals surface area contributed by atoms with E-state index >= 15 is 0 Å². The van der Waals surface area contributed by atoms with Gasteiger partial charge in [0.05, 0.1) is 6.54 Å². The predicted molar refractivity (Wildman–Crippen MR) is 97.3 cm³/mol. The molecule has 6 heteroatoms. The normalized spacial score (nSPS) is 10.5. The lowest BCUT2D eigenvalue weighted by molar-refractivity contribution is -0.115. The van der Waals surface area contributed by atoms with Crippen LogP contribution in [0.2, 0.25) is 0 Å². The maximum absolute atomic E-state index is 11.6. The molecule has 0 heterocycles. The lowest BCUT2D eigenvalue weighted by Gasteiger charge is -2.08. The maximum atomic E-state index is 11.6. The Bertz CT molecular complexity index is 697. The third-order valence-electron chi connectivity index (χ3n) is 3.34. The SMILES string of the molecule is CC(C)c1ccc(Sc2ccc(NC(=O)CNC(N)=O)cc2)cc1. The molecule has 4 N–H and O–H groups in total. The molecule has 0 aliphatic rings. The maximum Gasteiger partial charge on any atom is 0.312 e. The Morgan fingerprint density at radius 1 is 1.00 bits per heavy atom. The summed E-state index contributed by atoms with van der Waals surface area (Å²) in [7, 11) is 0. The number of nitrogens with one attached hydrogen (secondary N) is 2. The molecule has 0 radical (unpaired) electrons. The van der Waals surface area contributed by atoms with Gasteiger partial charge in [-0.2, -0.15) is 0 Å². The highest BCUT2D eigenvalue weighted by atomic mass is 32.2. The zero-order valence-electron chi connectivity index (χ0n) is 13.7. The number of hydrogen-bond acceptors (Lipinski definition) is 3. The minimum Gasteiger partial charge on any atom is -0.352 e. The van der Waals surface area contributed by atoms with E-state index in [0.717, 1.165) is 4.90 Å². The molecule has 0 spiro atoms. The average Bonchev–Trinajstić information content (AvgIpc) is 2.55. The second kappa shape index (κ2) is 8.40. The van der Waals surface area contributed by atoms with Crippen LogP contribution in [0.1, 0.15) is 25.3 Å². The smallest absolute Gasteiger partial charge is 0.312 e. The van der Waals surface area contributed by atoms with Crippen LogP contribution in [0.5, 0.6) is 0 Å². The quantitative estimate of drug-likeness (QED) is 0.750. The van der Waals surface area contributed by atoms with Gasteiger partial charge in [-0.15, -0.1) is 0 Å². The minimum absolute atomic E-state index is 0.145. The molecule has 126 valence electrons. The second-order valence-corrected chi connectivity index (χ2v) is 6.76. The minimum atomic E-state index is -0.722. The fourth-order valence-corrected chi connectivity index (χ4v) is 2.85. The Morgan fingerprint density at radius 2 is 1.54 bits per heavy atom. The third-order valence-corrected chi connectivity index (χ3v) is 4.36. The first-order valence-electron chi connectivity index (χ1n) is 7.65. The number of primary amides is 1. The van der Waals surface area contributed by atoms with E-state index in [4.69, 9.17) is 5.73 Å². The van der Waals surface area contributed by atoms with Gasteiger partial charge in [0.2, 0.25) is 5.91 Å². The fourth-order valence-electron chi connectivity index (χ4n) is 2.04. The summed E-state index contributed by atoms with van der Waals surface area (Å²) in [5.41, 5.74) is 6.91. The highest BCUT2D eigenvalue weighted by Gasteiger charge is 2.04. The van der Waals surface area contributed by atoms with Crippen LogP contribution in [0, 0.1) is 0 Å². The molecule has 0 fully saturated rings. The molecule has 2 aromatic rings. The number of carbonyl (C=O) groups is 2. The van der Waals surface area contributed by atoms with Crippen LogP contribution in [0.15, 0.2) is 58.3 Å². The third kappa shape index (κ3) is 5.62. The number of urea groups is 1. The molecule has 0 aliphatic heterocycles. The first kappa shape index (κ1) is 17.9. The van der Waals surface area contributed by atoms with Crippen molar-refractivity contribution in [2.24, 2.45) is 5.73 Å². The number of rotatable bonds is 6. The van der Waals surface area contributed by atoms with E-state index in [1.165, 1.54) is 10.5 Å². The van der Waals surface area contributed by atoms with E-state index in [-0.39, 0.29) is 12.5 Å². The highest BCUT2D eigenvalue weighted by molar-refractivity contribution is 7.99. The van der Waals surface area contributed by atoms with Crippen LogP contribution in [-0.4, -0.2) is 18.5 Å². The molecule has 3 amide bonds. The van der Waals surface area contributed by atoms with Crippen LogP contribution in [-0.2, 0) is 4.79 Å². The van der Waals surface area contributed by atoms with Crippen LogP contribution in [0.4, 0.5) is 10.5 Å². The van der Waals surface area contributed by atoms with Gasteiger partial charge >= 0.3 is 6.03 Å². The van der Waals surface area contributed by atoms with Crippen molar-refractivity contribution >= 4 is 29.4 Å². The lowest BCUT2D eigenvalue weighted by atomic mass is 10.0. The lowest BCUT2D eigenvalue weighted by Crippen LogP contribution is -2.36. The molecular formula is C18H21N3O2S. The van der Waals surface area contributed by atoms with E-state index in [9.17, 15) is 9.59 Å². The molecule has 0 aromatic heterocycles. The summed E-state index contributed by atoms with van der Waals surface area (Å²) in [5, 5.41) is 4.93. The average molecular weight is 343 g/mol. The molecule has 2 rings (SSSR count). The first-order valence-corrected chi connectivity index (χ1v) is 8.46. The highest BCUT2D eigenvalue weighted by Crippen LogP contribution is 2.29. The van der Waals surface area contributed by atoms with Crippen LogP contribution in [0.25, 0.3) is 0 Å². The Balaban J connectivity index is 1.91. The van der Waals surface area contributed by atoms with Gasteiger partial charge in [-0.25, -0.2) is 4.79 Å². The van der Waals surface area contributed by atoms with E-state index in [1.54, 1.807) is 11.8 Å². The van der Waals surface area contributed by atoms with Crippen molar-refractivity contribution < 1.29 is 9.59 Å². The molecule has 0 aliphatic carbocycles. The molecule has 0 bridgehead atoms. The van der Waals surface area contributed by atoms with Crippen LogP contribution in [0.3, 0.4) is 0 Å². The predicted octanol–water partition coefficient (Wildman–Crippen LogP) is 3.57. The second-order valence-electron chi connectivity index (χ2n) is 5.62. The number of nitrogens with two attached hydrogens (primary N) is 1. The molecule has 0 atom stereocenters. The van der Waals surface area contributed by atoms with Crippen molar-refractivity contribution in [3.05, 3.63) is 54.1 Å². The number of carbonyl (C=O) groups excluding carboxylic acids is 2. The molecule has 0 saturated carbocycles. The summed E-state index contributed by atoms with van der Waals surface area (Å²) in [4.78, 5) is 24.4. The fraction of sp³-hybridized carbons (Fsp3) is 0.222. The summed E-state index contributed by atoms with van der Waals surface area (Å²) in [6.07, 6.45) is 0. The molecule has 0 saturated heterocycles. The molecule has 24 heavy (non-hydrogen) atoms. The zero-order chi connectivity index (χ0) is 17.5. The number of amides is 3. The van der Waals surface area contributed by atoms with Gasteiger partial charge < -0.3 is 16.4 Å². The molecule has 0 unspecified atom stereocenters. The Morgan fingerprint density at radius 3 is 2.04 bits per heavy atom. The molecule has 2 aromatic carbocycles.